The summed E-state index contributed by atoms with van der Waals surface area (Å²) < 4.78 is 5.53. The van der Waals surface area contributed by atoms with Crippen molar-refractivity contribution >= 4 is 5.97 Å². The van der Waals surface area contributed by atoms with Crippen LogP contribution in [0, 0.1) is 46.3 Å². The van der Waals surface area contributed by atoms with Crippen molar-refractivity contribution in [2.45, 2.75) is 130 Å². The molecule has 0 spiro atoms. The number of rotatable bonds is 9. The summed E-state index contributed by atoms with van der Waals surface area (Å²) in [4.78, 5) is 12.3. The van der Waals surface area contributed by atoms with Crippen molar-refractivity contribution in [3.8, 4) is 0 Å². The topological polar surface area (TPSA) is 26.3 Å². The molecule has 0 amide bonds. The smallest absolute Gasteiger partial charge is 0.305 e. The zero-order valence-corrected chi connectivity index (χ0v) is 21.8. The highest BCUT2D eigenvalue weighted by molar-refractivity contribution is 5.69. The van der Waals surface area contributed by atoms with Crippen molar-refractivity contribution in [2.75, 3.05) is 6.61 Å². The lowest BCUT2D eigenvalue weighted by molar-refractivity contribution is -0.144. The van der Waals surface area contributed by atoms with Gasteiger partial charge in [0.15, 0.2) is 0 Å². The highest BCUT2D eigenvalue weighted by Gasteiger charge is 2.60. The number of unbranched alkanes of at least 4 members (excludes halogenated alkanes) is 3. The standard InChI is InChI=1S/C30H52O2/c1-5-6-7-10-21-32-28(31)17-12-22(2)25-15-16-26-24-14-13-23-11-8-9-19-29(23,3)27(24)18-20-30(25,26)4/h22-27H,5-21H2,1-4H3/t22-,23?,24?,25?,26?,27?,29?,30?/m1/s1. The molecule has 0 aromatic heterocycles. The van der Waals surface area contributed by atoms with Crippen LogP contribution in [0.3, 0.4) is 0 Å². The van der Waals surface area contributed by atoms with Gasteiger partial charge in [0.2, 0.25) is 0 Å². The molecule has 0 saturated heterocycles. The fourth-order valence-electron chi connectivity index (χ4n) is 9.60. The minimum absolute atomic E-state index is 0.0419. The largest absolute Gasteiger partial charge is 0.466 e. The normalized spacial score (nSPS) is 41.9. The van der Waals surface area contributed by atoms with E-state index in [2.05, 4.69) is 27.7 Å². The van der Waals surface area contributed by atoms with Gasteiger partial charge in [0.25, 0.3) is 0 Å². The lowest BCUT2D eigenvalue weighted by Crippen LogP contribution is -2.53. The number of esters is 1. The molecule has 8 atom stereocenters. The Bertz CT molecular complexity index is 628. The van der Waals surface area contributed by atoms with Crippen molar-refractivity contribution in [3.63, 3.8) is 0 Å². The average molecular weight is 445 g/mol. The quantitative estimate of drug-likeness (QED) is 0.263. The summed E-state index contributed by atoms with van der Waals surface area (Å²) in [6, 6.07) is 0. The molecule has 7 unspecified atom stereocenters. The Balaban J connectivity index is 1.31. The number of hydrogen-bond donors (Lipinski definition) is 0. The maximum atomic E-state index is 12.3. The molecule has 0 bridgehead atoms. The predicted molar refractivity (Wildman–Crippen MR) is 133 cm³/mol. The molecule has 184 valence electrons. The number of hydrogen-bond acceptors (Lipinski definition) is 2. The van der Waals surface area contributed by atoms with Gasteiger partial charge < -0.3 is 4.74 Å². The summed E-state index contributed by atoms with van der Waals surface area (Å²) >= 11 is 0. The first kappa shape index (κ1) is 24.6. The Labute approximate surface area is 199 Å². The van der Waals surface area contributed by atoms with Gasteiger partial charge in [-0.15, -0.1) is 0 Å². The molecular weight excluding hydrogens is 392 g/mol. The van der Waals surface area contributed by atoms with Gasteiger partial charge in [-0.1, -0.05) is 59.8 Å². The van der Waals surface area contributed by atoms with Crippen LogP contribution < -0.4 is 0 Å². The Kier molecular flexibility index (Phi) is 7.98. The Morgan fingerprint density at radius 1 is 0.906 bits per heavy atom. The molecule has 2 heteroatoms. The van der Waals surface area contributed by atoms with Gasteiger partial charge in [-0.05, 0) is 111 Å². The maximum absolute atomic E-state index is 12.3. The van der Waals surface area contributed by atoms with Gasteiger partial charge in [-0.3, -0.25) is 4.79 Å². The molecule has 0 aromatic carbocycles. The molecule has 4 fully saturated rings. The summed E-state index contributed by atoms with van der Waals surface area (Å²) in [5.41, 5.74) is 1.16. The minimum Gasteiger partial charge on any atom is -0.466 e. The van der Waals surface area contributed by atoms with E-state index in [0.29, 0.717) is 29.8 Å². The average Bonchev–Trinajstić information content (AvgIpc) is 3.14. The van der Waals surface area contributed by atoms with Crippen LogP contribution in [0.4, 0.5) is 0 Å². The molecule has 2 nitrogen and oxygen atoms in total. The minimum atomic E-state index is 0.0419. The summed E-state index contributed by atoms with van der Waals surface area (Å²) in [6.45, 7) is 10.6. The van der Waals surface area contributed by atoms with E-state index >= 15 is 0 Å². The highest BCUT2D eigenvalue weighted by Crippen LogP contribution is 2.68. The molecule has 0 aliphatic heterocycles. The van der Waals surface area contributed by atoms with Gasteiger partial charge in [-0.2, -0.15) is 0 Å². The SMILES string of the molecule is CCCCCCOC(=O)CC[C@@H](C)C1CCC2C3CCC4CCCCC4(C)C3CCC21C. The number of carbonyl (C=O) groups excluding carboxylic acids is 1. The van der Waals surface area contributed by atoms with Crippen LogP contribution in [-0.2, 0) is 9.53 Å². The van der Waals surface area contributed by atoms with Crippen LogP contribution in [0.15, 0.2) is 0 Å². The van der Waals surface area contributed by atoms with Gasteiger partial charge >= 0.3 is 5.97 Å². The Morgan fingerprint density at radius 3 is 2.53 bits per heavy atom. The fourth-order valence-corrected chi connectivity index (χ4v) is 9.60. The summed E-state index contributed by atoms with van der Waals surface area (Å²) in [5.74, 6) is 5.44. The van der Waals surface area contributed by atoms with E-state index in [1.165, 1.54) is 83.5 Å². The molecule has 4 rings (SSSR count). The van der Waals surface area contributed by atoms with E-state index in [1.807, 2.05) is 0 Å². The molecule has 0 N–H and O–H groups in total. The van der Waals surface area contributed by atoms with E-state index in [0.717, 1.165) is 42.4 Å². The summed E-state index contributed by atoms with van der Waals surface area (Å²) in [6.07, 6.45) is 21.1. The number of ether oxygens (including phenoxy) is 1. The molecule has 0 aromatic rings. The molecule has 4 aliphatic carbocycles. The molecule has 0 radical (unpaired) electrons. The third kappa shape index (κ3) is 4.68. The van der Waals surface area contributed by atoms with E-state index in [9.17, 15) is 4.79 Å². The summed E-state index contributed by atoms with van der Waals surface area (Å²) in [7, 11) is 0. The van der Waals surface area contributed by atoms with Gasteiger partial charge in [0.05, 0.1) is 6.61 Å². The molecule has 4 saturated carbocycles. The lowest BCUT2D eigenvalue weighted by Gasteiger charge is -2.61. The van der Waals surface area contributed by atoms with Crippen LogP contribution in [0.5, 0.6) is 0 Å². The van der Waals surface area contributed by atoms with E-state index in [-0.39, 0.29) is 5.97 Å². The van der Waals surface area contributed by atoms with Gasteiger partial charge in [0.1, 0.15) is 0 Å². The zero-order chi connectivity index (χ0) is 22.8. The molecule has 4 aliphatic rings. The second-order valence-electron chi connectivity index (χ2n) is 12.9. The van der Waals surface area contributed by atoms with Crippen LogP contribution >= 0.6 is 0 Å². The van der Waals surface area contributed by atoms with Crippen LogP contribution in [-0.4, -0.2) is 12.6 Å². The Hall–Kier alpha value is -0.530. The third-order valence-electron chi connectivity index (χ3n) is 11.4. The Morgan fingerprint density at radius 2 is 1.72 bits per heavy atom. The van der Waals surface area contributed by atoms with Gasteiger partial charge in [-0.25, -0.2) is 0 Å². The van der Waals surface area contributed by atoms with E-state index < -0.39 is 0 Å². The lowest BCUT2D eigenvalue weighted by atomic mass is 9.44. The van der Waals surface area contributed by atoms with Crippen molar-refractivity contribution in [2.24, 2.45) is 46.3 Å². The predicted octanol–water partition coefficient (Wildman–Crippen LogP) is 8.58. The fraction of sp³-hybridized carbons (Fsp3) is 0.967. The van der Waals surface area contributed by atoms with E-state index in [1.54, 1.807) is 0 Å². The van der Waals surface area contributed by atoms with Gasteiger partial charge in [0, 0.05) is 6.42 Å². The number of carbonyl (C=O) groups is 1. The summed E-state index contributed by atoms with van der Waals surface area (Å²) in [5, 5.41) is 0. The van der Waals surface area contributed by atoms with Crippen LogP contribution in [0.25, 0.3) is 0 Å². The van der Waals surface area contributed by atoms with Crippen molar-refractivity contribution in [3.05, 3.63) is 0 Å². The highest BCUT2D eigenvalue weighted by atomic mass is 16.5. The number of fused-ring (bicyclic) bond motifs is 5. The van der Waals surface area contributed by atoms with Crippen molar-refractivity contribution in [1.29, 1.82) is 0 Å². The van der Waals surface area contributed by atoms with E-state index in [4.69, 9.17) is 4.74 Å². The first-order valence-electron chi connectivity index (χ1n) is 14.6. The maximum Gasteiger partial charge on any atom is 0.305 e. The zero-order valence-electron chi connectivity index (χ0n) is 21.8. The molecule has 0 heterocycles. The third-order valence-corrected chi connectivity index (χ3v) is 11.4. The molecule has 32 heavy (non-hydrogen) atoms. The first-order valence-corrected chi connectivity index (χ1v) is 14.6. The van der Waals surface area contributed by atoms with Crippen LogP contribution in [0.1, 0.15) is 130 Å². The second kappa shape index (κ2) is 10.4. The van der Waals surface area contributed by atoms with Crippen molar-refractivity contribution in [1.82, 2.24) is 0 Å². The second-order valence-corrected chi connectivity index (χ2v) is 12.9. The monoisotopic (exact) mass is 444 g/mol. The first-order chi connectivity index (χ1) is 15.4. The van der Waals surface area contributed by atoms with Crippen LogP contribution in [0.2, 0.25) is 0 Å². The van der Waals surface area contributed by atoms with Crippen molar-refractivity contribution < 1.29 is 9.53 Å². The molecular formula is C30H52O2.